The van der Waals surface area contributed by atoms with E-state index in [0.717, 1.165) is 30.6 Å². The summed E-state index contributed by atoms with van der Waals surface area (Å²) in [6.07, 6.45) is 7.04. The quantitative estimate of drug-likeness (QED) is 0.669. The van der Waals surface area contributed by atoms with Crippen LogP contribution in [0.4, 0.5) is 5.82 Å². The first-order valence-corrected chi connectivity index (χ1v) is 11.2. The van der Waals surface area contributed by atoms with E-state index in [1.807, 2.05) is 0 Å². The molecule has 0 radical (unpaired) electrons. The van der Waals surface area contributed by atoms with Gasteiger partial charge in [0.15, 0.2) is 5.65 Å². The molecule has 1 atom stereocenters. The number of hydrogen-bond donors (Lipinski definition) is 1. The van der Waals surface area contributed by atoms with Crippen molar-refractivity contribution in [3.8, 4) is 0 Å². The van der Waals surface area contributed by atoms with E-state index < -0.39 is 24.5 Å². The summed E-state index contributed by atoms with van der Waals surface area (Å²) < 4.78 is 36.7. The van der Waals surface area contributed by atoms with Crippen molar-refractivity contribution in [2.45, 2.75) is 44.1 Å². The average molecular weight is 444 g/mol. The molecule has 162 valence electrons. The molecule has 0 spiro atoms. The van der Waals surface area contributed by atoms with Crippen molar-refractivity contribution >= 4 is 34.5 Å². The number of fused-ring (bicyclic) bond motifs is 1. The number of hydrogen-bond acceptors (Lipinski definition) is 5. The number of anilines is 1. The largest absolute Gasteiger partial charge is 0.356 e. The van der Waals surface area contributed by atoms with Gasteiger partial charge in [0.1, 0.15) is 22.7 Å². The Labute approximate surface area is 191 Å². The first-order chi connectivity index (χ1) is 16.6. The number of amides is 1. The molecule has 0 unspecified atom stereocenters. The van der Waals surface area contributed by atoms with E-state index in [2.05, 4.69) is 15.1 Å². The zero-order valence-corrected chi connectivity index (χ0v) is 17.8. The van der Waals surface area contributed by atoms with Crippen molar-refractivity contribution < 1.29 is 10.3 Å². The number of halogens is 1. The molecular weight excluding hydrogens is 414 g/mol. The molecule has 0 bridgehead atoms. The van der Waals surface area contributed by atoms with Crippen LogP contribution < -0.4 is 4.90 Å². The van der Waals surface area contributed by atoms with Gasteiger partial charge in [0.25, 0.3) is 0 Å². The van der Waals surface area contributed by atoms with Crippen molar-refractivity contribution in [1.29, 1.82) is 0 Å². The topological polar surface area (TPSA) is 82.9 Å². The lowest BCUT2D eigenvalue weighted by molar-refractivity contribution is -0.134. The second-order valence-electron chi connectivity index (χ2n) is 8.50. The highest BCUT2D eigenvalue weighted by Gasteiger charge is 2.50. The van der Waals surface area contributed by atoms with Gasteiger partial charge in [0.2, 0.25) is 5.91 Å². The summed E-state index contributed by atoms with van der Waals surface area (Å²) in [4.78, 5) is 28.4. The van der Waals surface area contributed by atoms with Gasteiger partial charge >= 0.3 is 0 Å². The van der Waals surface area contributed by atoms with Crippen molar-refractivity contribution in [2.24, 2.45) is 5.92 Å². The molecule has 1 saturated carbocycles. The van der Waals surface area contributed by atoms with Crippen LogP contribution in [0.2, 0.25) is 5.02 Å². The van der Waals surface area contributed by atoms with Crippen molar-refractivity contribution in [1.82, 2.24) is 29.6 Å². The van der Waals surface area contributed by atoms with E-state index in [9.17, 15) is 4.79 Å². The fourth-order valence-corrected chi connectivity index (χ4v) is 4.66. The SMILES string of the molecule is [2H]C1([2H])CC[C@H](C(=O)N2CCCC2)C([2H])([2H])N1c1ccc2nc(C3(n4cc(Cl)cn4)CC3)[nH]c2n1. The molecule has 9 heteroatoms. The fraction of sp³-hybridized carbons (Fsp3) is 0.545. The zero-order valence-electron chi connectivity index (χ0n) is 21.0. The number of imidazole rings is 1. The van der Waals surface area contributed by atoms with Crippen LogP contribution >= 0.6 is 11.6 Å². The van der Waals surface area contributed by atoms with Crippen LogP contribution in [-0.2, 0) is 10.3 Å². The number of aromatic amines is 1. The molecule has 31 heavy (non-hydrogen) atoms. The van der Waals surface area contributed by atoms with Gasteiger partial charge in [-0.1, -0.05) is 11.6 Å². The molecule has 1 N–H and O–H groups in total. The van der Waals surface area contributed by atoms with E-state index >= 15 is 0 Å². The first kappa shape index (κ1) is 15.2. The van der Waals surface area contributed by atoms with E-state index in [1.165, 1.54) is 0 Å². The monoisotopic (exact) mass is 443 g/mol. The van der Waals surface area contributed by atoms with Crippen LogP contribution in [-0.4, -0.2) is 61.6 Å². The number of rotatable bonds is 4. The number of aromatic nitrogens is 5. The van der Waals surface area contributed by atoms with Crippen molar-refractivity contribution in [3.05, 3.63) is 35.4 Å². The van der Waals surface area contributed by atoms with Gasteiger partial charge in [0, 0.05) is 35.0 Å². The summed E-state index contributed by atoms with van der Waals surface area (Å²) >= 11 is 6.07. The minimum absolute atomic E-state index is 0.0356. The number of likely N-dealkylation sites (tertiary alicyclic amines) is 1. The smallest absolute Gasteiger partial charge is 0.227 e. The van der Waals surface area contributed by atoms with Crippen molar-refractivity contribution in [3.63, 3.8) is 0 Å². The van der Waals surface area contributed by atoms with Gasteiger partial charge in [-0.25, -0.2) is 9.97 Å². The predicted molar refractivity (Wildman–Crippen MR) is 118 cm³/mol. The minimum atomic E-state index is -2.24. The molecule has 3 aliphatic rings. The highest BCUT2D eigenvalue weighted by Crippen LogP contribution is 2.48. The summed E-state index contributed by atoms with van der Waals surface area (Å²) in [6, 6.07) is 3.29. The van der Waals surface area contributed by atoms with Crippen LogP contribution in [0.25, 0.3) is 11.2 Å². The Morgan fingerprint density at radius 1 is 1.23 bits per heavy atom. The Hall–Kier alpha value is -2.61. The van der Waals surface area contributed by atoms with Crippen molar-refractivity contribution in [2.75, 3.05) is 31.0 Å². The highest BCUT2D eigenvalue weighted by atomic mass is 35.5. The summed E-state index contributed by atoms with van der Waals surface area (Å²) in [5, 5.41) is 4.89. The molecule has 8 nitrogen and oxygen atoms in total. The predicted octanol–water partition coefficient (Wildman–Crippen LogP) is 3.18. The lowest BCUT2D eigenvalue weighted by Gasteiger charge is -2.34. The molecule has 2 aliphatic heterocycles. The third-order valence-corrected chi connectivity index (χ3v) is 6.61. The van der Waals surface area contributed by atoms with Crippen LogP contribution in [0, 0.1) is 5.92 Å². The van der Waals surface area contributed by atoms with Crippen LogP contribution in [0.5, 0.6) is 0 Å². The minimum Gasteiger partial charge on any atom is -0.356 e. The maximum atomic E-state index is 13.2. The number of nitrogens with zero attached hydrogens (tertiary/aromatic N) is 6. The summed E-state index contributed by atoms with van der Waals surface area (Å²) in [6.45, 7) is -2.99. The van der Waals surface area contributed by atoms with Gasteiger partial charge in [-0.05, 0) is 50.7 Å². The zero-order chi connectivity index (χ0) is 24.6. The number of carbonyl (C=O) groups excluding carboxylic acids is 1. The standard InChI is InChI=1S/C22H26ClN7O/c23-16-12-24-30(14-16)22(7-8-22)21-25-17-5-6-18(26-19(17)27-21)29-11-3-4-15(13-29)20(31)28-9-1-2-10-28/h5-6,12,14-15H,1-4,7-11,13H2,(H,25,26,27)/t15-/m0/s1/i11D2,13D2. The van der Waals surface area contributed by atoms with E-state index in [-0.39, 0.29) is 24.6 Å². The molecule has 3 aromatic rings. The first-order valence-electron chi connectivity index (χ1n) is 12.8. The summed E-state index contributed by atoms with van der Waals surface area (Å²) in [5.41, 5.74) is 0.605. The number of piperidine rings is 1. The average Bonchev–Trinajstić information content (AvgIpc) is 3.16. The van der Waals surface area contributed by atoms with Crippen LogP contribution in [0.1, 0.15) is 49.8 Å². The van der Waals surface area contributed by atoms with Gasteiger partial charge in [-0.15, -0.1) is 0 Å². The van der Waals surface area contributed by atoms with E-state index in [0.29, 0.717) is 35.1 Å². The number of pyridine rings is 1. The lowest BCUT2D eigenvalue weighted by atomic mass is 9.96. The second-order valence-corrected chi connectivity index (χ2v) is 8.94. The highest BCUT2D eigenvalue weighted by molar-refractivity contribution is 6.30. The van der Waals surface area contributed by atoms with Crippen LogP contribution in [0.15, 0.2) is 24.5 Å². The molecule has 6 rings (SSSR count). The molecular formula is C22H26ClN7O. The number of carbonyl (C=O) groups is 1. The molecule has 3 aromatic heterocycles. The number of nitrogens with one attached hydrogen (secondary N) is 1. The molecule has 2 saturated heterocycles. The Morgan fingerprint density at radius 3 is 2.81 bits per heavy atom. The molecule has 1 amide bonds. The molecule has 5 heterocycles. The lowest BCUT2D eigenvalue weighted by Crippen LogP contribution is -2.44. The Morgan fingerprint density at radius 2 is 2.06 bits per heavy atom. The fourth-order valence-electron chi connectivity index (χ4n) is 4.53. The van der Waals surface area contributed by atoms with Gasteiger partial charge in [-0.3, -0.25) is 9.48 Å². The molecule has 0 aromatic carbocycles. The van der Waals surface area contributed by atoms with E-state index in [4.69, 9.17) is 22.1 Å². The second kappa shape index (κ2) is 7.22. The summed E-state index contributed by atoms with van der Waals surface area (Å²) in [7, 11) is 0. The Bertz CT molecular complexity index is 1300. The van der Waals surface area contributed by atoms with Gasteiger partial charge in [-0.2, -0.15) is 5.10 Å². The van der Waals surface area contributed by atoms with Gasteiger partial charge in [0.05, 0.1) is 19.9 Å². The molecule has 3 fully saturated rings. The molecule has 1 aliphatic carbocycles. The maximum absolute atomic E-state index is 13.2. The number of H-pyrrole nitrogens is 1. The normalized spacial score (nSPS) is 28.1. The summed E-state index contributed by atoms with van der Waals surface area (Å²) in [5.74, 6) is -0.387. The third kappa shape index (κ3) is 3.28. The van der Waals surface area contributed by atoms with Gasteiger partial charge < -0.3 is 14.8 Å². The maximum Gasteiger partial charge on any atom is 0.227 e. The van der Waals surface area contributed by atoms with E-state index in [1.54, 1.807) is 34.1 Å². The third-order valence-electron chi connectivity index (χ3n) is 6.42. The van der Waals surface area contributed by atoms with Crippen LogP contribution in [0.3, 0.4) is 0 Å². The Balaban J connectivity index is 1.36. The Kier molecular flexibility index (Phi) is 3.55.